The Labute approximate surface area is 186 Å². The van der Waals surface area contributed by atoms with E-state index >= 15 is 0 Å². The van der Waals surface area contributed by atoms with Gasteiger partial charge in [-0.1, -0.05) is 72.4 Å². The molecule has 4 rings (SSSR count). The maximum Gasteiger partial charge on any atom is 0.191 e. The highest BCUT2D eigenvalue weighted by Gasteiger charge is 2.16. The molecule has 0 saturated heterocycles. The summed E-state index contributed by atoms with van der Waals surface area (Å²) in [7, 11) is 1.65. The van der Waals surface area contributed by atoms with E-state index in [0.717, 1.165) is 35.3 Å². The normalized spacial score (nSPS) is 10.7. The predicted octanol–water partition coefficient (Wildman–Crippen LogP) is 5.17. The molecule has 6 heteroatoms. The summed E-state index contributed by atoms with van der Waals surface area (Å²) >= 11 is 1.42. The van der Waals surface area contributed by atoms with Gasteiger partial charge in [0.15, 0.2) is 16.8 Å². The predicted molar refractivity (Wildman–Crippen MR) is 124 cm³/mol. The Balaban J connectivity index is 1.57. The number of methoxy groups -OCH3 is 1. The topological polar surface area (TPSA) is 57.0 Å². The van der Waals surface area contributed by atoms with Crippen LogP contribution in [0.5, 0.6) is 5.75 Å². The van der Waals surface area contributed by atoms with Crippen molar-refractivity contribution >= 4 is 17.5 Å². The van der Waals surface area contributed by atoms with Crippen LogP contribution in [0.1, 0.15) is 15.9 Å². The third-order valence-corrected chi connectivity index (χ3v) is 5.93. The van der Waals surface area contributed by atoms with E-state index in [1.807, 2.05) is 72.8 Å². The molecule has 0 amide bonds. The average Bonchev–Trinajstić information content (AvgIpc) is 3.25. The molecule has 3 aromatic carbocycles. The standard InChI is InChI=1S/C25H23N3O2S/c1-30-22-14-12-21(13-15-22)24-26-27-25(28(24)17-16-19-8-4-2-5-9-19)31-18-23(29)20-10-6-3-7-11-20/h2-15H,16-18H2,1H3. The Morgan fingerprint density at radius 2 is 1.58 bits per heavy atom. The number of carbonyl (C=O) groups is 1. The lowest BCUT2D eigenvalue weighted by atomic mass is 10.1. The fraction of sp³-hybridized carbons (Fsp3) is 0.160. The Morgan fingerprint density at radius 3 is 2.26 bits per heavy atom. The Kier molecular flexibility index (Phi) is 6.79. The molecule has 4 aromatic rings. The lowest BCUT2D eigenvalue weighted by molar-refractivity contribution is 0.102. The first-order valence-electron chi connectivity index (χ1n) is 10.1. The van der Waals surface area contributed by atoms with Crippen molar-refractivity contribution in [3.8, 4) is 17.1 Å². The molecule has 0 atom stereocenters. The summed E-state index contributed by atoms with van der Waals surface area (Å²) in [5, 5.41) is 9.59. The third kappa shape index (κ3) is 5.22. The smallest absolute Gasteiger partial charge is 0.191 e. The lowest BCUT2D eigenvalue weighted by Gasteiger charge is -2.11. The number of benzene rings is 3. The Hall–Kier alpha value is -3.38. The van der Waals surface area contributed by atoms with Crippen LogP contribution in [-0.4, -0.2) is 33.4 Å². The molecule has 0 unspecified atom stereocenters. The first kappa shape index (κ1) is 20.9. The van der Waals surface area contributed by atoms with Crippen molar-refractivity contribution in [1.82, 2.24) is 14.8 Å². The zero-order chi connectivity index (χ0) is 21.5. The molecule has 1 aromatic heterocycles. The summed E-state index contributed by atoms with van der Waals surface area (Å²) in [4.78, 5) is 12.6. The number of ketones is 1. The van der Waals surface area contributed by atoms with Gasteiger partial charge in [-0.05, 0) is 36.2 Å². The second-order valence-corrected chi connectivity index (χ2v) is 7.94. The second-order valence-electron chi connectivity index (χ2n) is 7.00. The quantitative estimate of drug-likeness (QED) is 0.271. The summed E-state index contributed by atoms with van der Waals surface area (Å²) in [6, 6.07) is 27.5. The summed E-state index contributed by atoms with van der Waals surface area (Å²) < 4.78 is 7.36. The van der Waals surface area contributed by atoms with Gasteiger partial charge in [-0.2, -0.15) is 0 Å². The minimum Gasteiger partial charge on any atom is -0.497 e. The molecular formula is C25H23N3O2S. The molecule has 0 fully saturated rings. The van der Waals surface area contributed by atoms with Crippen LogP contribution in [-0.2, 0) is 13.0 Å². The summed E-state index contributed by atoms with van der Waals surface area (Å²) in [6.07, 6.45) is 0.849. The lowest BCUT2D eigenvalue weighted by Crippen LogP contribution is -2.08. The first-order valence-corrected chi connectivity index (χ1v) is 11.1. The van der Waals surface area contributed by atoms with E-state index in [9.17, 15) is 4.79 Å². The van der Waals surface area contributed by atoms with Gasteiger partial charge < -0.3 is 9.30 Å². The van der Waals surface area contributed by atoms with Crippen LogP contribution in [0.15, 0.2) is 90.1 Å². The summed E-state index contributed by atoms with van der Waals surface area (Å²) in [6.45, 7) is 0.722. The van der Waals surface area contributed by atoms with Crippen LogP contribution in [0.25, 0.3) is 11.4 Å². The van der Waals surface area contributed by atoms with Crippen LogP contribution in [0.3, 0.4) is 0 Å². The molecule has 0 spiro atoms. The Bertz CT molecular complexity index is 1130. The molecule has 31 heavy (non-hydrogen) atoms. The van der Waals surface area contributed by atoms with Gasteiger partial charge in [0.05, 0.1) is 12.9 Å². The van der Waals surface area contributed by atoms with Gasteiger partial charge in [0.25, 0.3) is 0 Å². The van der Waals surface area contributed by atoms with E-state index in [2.05, 4.69) is 26.9 Å². The van der Waals surface area contributed by atoms with Gasteiger partial charge in [-0.15, -0.1) is 10.2 Å². The fourth-order valence-electron chi connectivity index (χ4n) is 3.27. The Morgan fingerprint density at radius 1 is 0.903 bits per heavy atom. The number of ether oxygens (including phenoxy) is 1. The summed E-state index contributed by atoms with van der Waals surface area (Å²) in [5.41, 5.74) is 2.91. The van der Waals surface area contributed by atoms with Crippen LogP contribution in [0.2, 0.25) is 0 Å². The molecule has 0 bridgehead atoms. The van der Waals surface area contributed by atoms with E-state index in [1.165, 1.54) is 17.3 Å². The third-order valence-electron chi connectivity index (χ3n) is 4.96. The number of rotatable bonds is 9. The van der Waals surface area contributed by atoms with Gasteiger partial charge >= 0.3 is 0 Å². The van der Waals surface area contributed by atoms with E-state index in [0.29, 0.717) is 11.3 Å². The zero-order valence-electron chi connectivity index (χ0n) is 17.3. The van der Waals surface area contributed by atoms with E-state index in [1.54, 1.807) is 7.11 Å². The number of hydrogen-bond acceptors (Lipinski definition) is 5. The average molecular weight is 430 g/mol. The van der Waals surface area contributed by atoms with Crippen molar-refractivity contribution in [1.29, 1.82) is 0 Å². The number of aryl methyl sites for hydroxylation is 1. The molecule has 0 aliphatic heterocycles. The molecule has 0 N–H and O–H groups in total. The second kappa shape index (κ2) is 10.1. The van der Waals surface area contributed by atoms with Crippen molar-refractivity contribution in [3.63, 3.8) is 0 Å². The van der Waals surface area contributed by atoms with Crippen LogP contribution in [0.4, 0.5) is 0 Å². The molecule has 156 valence electrons. The molecule has 0 saturated carbocycles. The number of thioether (sulfide) groups is 1. The summed E-state index contributed by atoms with van der Waals surface area (Å²) in [5.74, 6) is 1.97. The van der Waals surface area contributed by atoms with Crippen molar-refractivity contribution in [2.75, 3.05) is 12.9 Å². The van der Waals surface area contributed by atoms with Gasteiger partial charge in [-0.3, -0.25) is 4.79 Å². The van der Waals surface area contributed by atoms with Crippen LogP contribution in [0, 0.1) is 0 Å². The SMILES string of the molecule is COc1ccc(-c2nnc(SCC(=O)c3ccccc3)n2CCc2ccccc2)cc1. The molecule has 0 radical (unpaired) electrons. The maximum absolute atomic E-state index is 12.6. The molecule has 1 heterocycles. The van der Waals surface area contributed by atoms with Gasteiger partial charge in [-0.25, -0.2) is 0 Å². The van der Waals surface area contributed by atoms with Crippen molar-refractivity contribution < 1.29 is 9.53 Å². The largest absolute Gasteiger partial charge is 0.497 e. The first-order chi connectivity index (χ1) is 15.2. The maximum atomic E-state index is 12.6. The molecule has 0 aliphatic rings. The molecule has 5 nitrogen and oxygen atoms in total. The zero-order valence-corrected chi connectivity index (χ0v) is 18.1. The van der Waals surface area contributed by atoms with Gasteiger partial charge in [0.1, 0.15) is 5.75 Å². The number of nitrogens with zero attached hydrogens (tertiary/aromatic N) is 3. The number of Topliss-reactive ketones (excluding diaryl/α,β-unsaturated/α-hetero) is 1. The van der Waals surface area contributed by atoms with Crippen molar-refractivity contribution in [2.45, 2.75) is 18.1 Å². The minimum absolute atomic E-state index is 0.0780. The van der Waals surface area contributed by atoms with Crippen molar-refractivity contribution in [2.24, 2.45) is 0 Å². The van der Waals surface area contributed by atoms with E-state index in [-0.39, 0.29) is 5.78 Å². The fourth-order valence-corrected chi connectivity index (χ4v) is 4.13. The monoisotopic (exact) mass is 429 g/mol. The van der Waals surface area contributed by atoms with Gasteiger partial charge in [0.2, 0.25) is 0 Å². The molecule has 0 aliphatic carbocycles. The van der Waals surface area contributed by atoms with Crippen LogP contribution >= 0.6 is 11.8 Å². The highest BCUT2D eigenvalue weighted by atomic mass is 32.2. The highest BCUT2D eigenvalue weighted by molar-refractivity contribution is 7.99. The molecular weight excluding hydrogens is 406 g/mol. The van der Waals surface area contributed by atoms with Gasteiger partial charge in [0, 0.05) is 17.7 Å². The van der Waals surface area contributed by atoms with E-state index < -0.39 is 0 Å². The van der Waals surface area contributed by atoms with Crippen molar-refractivity contribution in [3.05, 3.63) is 96.1 Å². The number of aromatic nitrogens is 3. The minimum atomic E-state index is 0.0780. The number of carbonyl (C=O) groups excluding carboxylic acids is 1. The van der Waals surface area contributed by atoms with E-state index in [4.69, 9.17) is 4.74 Å². The number of hydrogen-bond donors (Lipinski definition) is 0. The van der Waals surface area contributed by atoms with Crippen LogP contribution < -0.4 is 4.74 Å². The highest BCUT2D eigenvalue weighted by Crippen LogP contribution is 2.26.